The second-order valence-electron chi connectivity index (χ2n) is 4.61. The van der Waals surface area contributed by atoms with Crippen molar-refractivity contribution in [1.29, 1.82) is 0 Å². The monoisotopic (exact) mass is 255 g/mol. The van der Waals surface area contributed by atoms with Crippen LogP contribution in [-0.4, -0.2) is 56.7 Å². The van der Waals surface area contributed by atoms with E-state index in [0.29, 0.717) is 13.1 Å². The number of carbonyl (C=O) groups is 1. The smallest absolute Gasteiger partial charge is 0.326 e. The highest BCUT2D eigenvalue weighted by molar-refractivity contribution is 5.81. The summed E-state index contributed by atoms with van der Waals surface area (Å²) in [5.41, 5.74) is 7.61. The highest BCUT2D eigenvalue weighted by Gasteiger charge is 2.41. The molecule has 0 aliphatic carbocycles. The van der Waals surface area contributed by atoms with Crippen molar-refractivity contribution in [1.82, 2.24) is 10.2 Å². The van der Waals surface area contributed by atoms with Crippen LogP contribution in [0, 0.1) is 0 Å². The zero-order valence-electron chi connectivity index (χ0n) is 11.1. The first kappa shape index (κ1) is 14.8. The van der Waals surface area contributed by atoms with Crippen LogP contribution in [0.4, 0.5) is 0 Å². The Bertz CT molecular complexity index is 319. The molecular weight excluding hydrogens is 234 g/mol. The summed E-state index contributed by atoms with van der Waals surface area (Å²) < 4.78 is 4.90. The highest BCUT2D eigenvalue weighted by atomic mass is 16.5. The van der Waals surface area contributed by atoms with E-state index in [-0.39, 0.29) is 5.97 Å². The molecule has 1 aliphatic rings. The third kappa shape index (κ3) is 3.87. The Labute approximate surface area is 107 Å². The van der Waals surface area contributed by atoms with Gasteiger partial charge in [-0.2, -0.15) is 0 Å². The van der Waals surface area contributed by atoms with Gasteiger partial charge in [-0.3, -0.25) is 4.79 Å². The van der Waals surface area contributed by atoms with E-state index >= 15 is 0 Å². The molecule has 0 aromatic rings. The third-order valence-electron chi connectivity index (χ3n) is 3.38. The van der Waals surface area contributed by atoms with Crippen LogP contribution in [0.25, 0.3) is 10.4 Å². The summed E-state index contributed by atoms with van der Waals surface area (Å²) in [7, 11) is 3.47. The second-order valence-corrected chi connectivity index (χ2v) is 4.61. The van der Waals surface area contributed by atoms with Crippen molar-refractivity contribution < 1.29 is 9.53 Å². The molecule has 0 atom stereocenters. The van der Waals surface area contributed by atoms with Gasteiger partial charge in [0.25, 0.3) is 0 Å². The lowest BCUT2D eigenvalue weighted by molar-refractivity contribution is -0.150. The maximum atomic E-state index is 11.9. The fourth-order valence-corrected chi connectivity index (χ4v) is 2.17. The first-order chi connectivity index (χ1) is 8.64. The van der Waals surface area contributed by atoms with E-state index in [1.807, 2.05) is 7.05 Å². The highest BCUT2D eigenvalue weighted by Crippen LogP contribution is 2.23. The van der Waals surface area contributed by atoms with Gasteiger partial charge in [0.05, 0.1) is 7.11 Å². The van der Waals surface area contributed by atoms with E-state index in [1.165, 1.54) is 7.11 Å². The van der Waals surface area contributed by atoms with Crippen LogP contribution in [0.5, 0.6) is 0 Å². The third-order valence-corrected chi connectivity index (χ3v) is 3.38. The van der Waals surface area contributed by atoms with Crippen LogP contribution in [-0.2, 0) is 9.53 Å². The lowest BCUT2D eigenvalue weighted by Gasteiger charge is -2.39. The molecule has 0 saturated carbocycles. The number of rotatable bonds is 6. The predicted octanol–water partition coefficient (Wildman–Crippen LogP) is 0.914. The van der Waals surface area contributed by atoms with Gasteiger partial charge in [-0.1, -0.05) is 5.11 Å². The van der Waals surface area contributed by atoms with Gasteiger partial charge in [-0.05, 0) is 38.4 Å². The van der Waals surface area contributed by atoms with Crippen molar-refractivity contribution in [3.63, 3.8) is 0 Å². The average molecular weight is 255 g/mol. The fourth-order valence-electron chi connectivity index (χ4n) is 2.17. The zero-order chi connectivity index (χ0) is 13.4. The van der Waals surface area contributed by atoms with Gasteiger partial charge in [0.2, 0.25) is 0 Å². The number of piperidine rings is 1. The number of ether oxygens (including phenoxy) is 1. The Morgan fingerprint density at radius 3 is 2.78 bits per heavy atom. The molecular formula is C11H21N5O2. The molecule has 1 fully saturated rings. The van der Waals surface area contributed by atoms with Gasteiger partial charge in [-0.25, -0.2) is 0 Å². The van der Waals surface area contributed by atoms with Crippen LogP contribution in [0.3, 0.4) is 0 Å². The van der Waals surface area contributed by atoms with E-state index < -0.39 is 5.54 Å². The Hall–Kier alpha value is -1.30. The summed E-state index contributed by atoms with van der Waals surface area (Å²) in [5, 5.41) is 6.75. The van der Waals surface area contributed by atoms with Gasteiger partial charge in [0.15, 0.2) is 0 Å². The largest absolute Gasteiger partial charge is 0.468 e. The average Bonchev–Trinajstić information content (AvgIpc) is 2.40. The molecule has 1 rings (SSSR count). The van der Waals surface area contributed by atoms with E-state index in [4.69, 9.17) is 10.3 Å². The van der Waals surface area contributed by atoms with Crippen molar-refractivity contribution in [3.05, 3.63) is 10.4 Å². The number of esters is 1. The molecule has 0 bridgehead atoms. The molecule has 18 heavy (non-hydrogen) atoms. The molecule has 1 saturated heterocycles. The molecule has 1 N–H and O–H groups in total. The minimum atomic E-state index is -0.572. The van der Waals surface area contributed by atoms with Crippen LogP contribution in [0.1, 0.15) is 19.3 Å². The summed E-state index contributed by atoms with van der Waals surface area (Å²) in [4.78, 5) is 16.8. The van der Waals surface area contributed by atoms with Gasteiger partial charge in [0.1, 0.15) is 5.54 Å². The van der Waals surface area contributed by atoms with Crippen LogP contribution in [0.15, 0.2) is 5.11 Å². The van der Waals surface area contributed by atoms with E-state index in [9.17, 15) is 4.79 Å². The van der Waals surface area contributed by atoms with Crippen LogP contribution < -0.4 is 5.32 Å². The molecule has 7 heteroatoms. The number of hydrogen-bond donors (Lipinski definition) is 1. The minimum absolute atomic E-state index is 0.195. The first-order valence-corrected chi connectivity index (χ1v) is 6.17. The fraction of sp³-hybridized carbons (Fsp3) is 0.909. The SMILES string of the molecule is COC(=O)C1(NCCCN=[N+]=[N-])CCN(C)CC1. The normalized spacial score (nSPS) is 19.0. The number of hydrogen-bond acceptors (Lipinski definition) is 5. The second kappa shape index (κ2) is 7.20. The molecule has 0 spiro atoms. The molecule has 0 aromatic heterocycles. The summed E-state index contributed by atoms with van der Waals surface area (Å²) in [6, 6.07) is 0. The van der Waals surface area contributed by atoms with Crippen molar-refractivity contribution in [2.24, 2.45) is 5.11 Å². The van der Waals surface area contributed by atoms with Gasteiger partial charge in [0, 0.05) is 24.5 Å². The summed E-state index contributed by atoms with van der Waals surface area (Å²) in [5.74, 6) is -0.195. The van der Waals surface area contributed by atoms with Gasteiger partial charge < -0.3 is 15.0 Å². The Morgan fingerprint density at radius 2 is 2.22 bits per heavy atom. The van der Waals surface area contributed by atoms with Crippen molar-refractivity contribution in [2.75, 3.05) is 40.3 Å². The molecule has 0 radical (unpaired) electrons. The quantitative estimate of drug-likeness (QED) is 0.251. The van der Waals surface area contributed by atoms with E-state index in [1.54, 1.807) is 0 Å². The number of nitrogens with zero attached hydrogens (tertiary/aromatic N) is 4. The van der Waals surface area contributed by atoms with Crippen molar-refractivity contribution in [3.8, 4) is 0 Å². The molecule has 7 nitrogen and oxygen atoms in total. The molecule has 1 aliphatic heterocycles. The molecule has 0 unspecified atom stereocenters. The Balaban J connectivity index is 2.50. The predicted molar refractivity (Wildman–Crippen MR) is 68.1 cm³/mol. The maximum absolute atomic E-state index is 11.9. The zero-order valence-corrected chi connectivity index (χ0v) is 11.1. The van der Waals surface area contributed by atoms with Crippen molar-refractivity contribution in [2.45, 2.75) is 24.8 Å². The Kier molecular flexibility index (Phi) is 5.91. The maximum Gasteiger partial charge on any atom is 0.326 e. The lowest BCUT2D eigenvalue weighted by atomic mass is 9.87. The number of methoxy groups -OCH3 is 1. The number of azide groups is 1. The first-order valence-electron chi connectivity index (χ1n) is 6.17. The topological polar surface area (TPSA) is 90.3 Å². The summed E-state index contributed by atoms with van der Waals surface area (Å²) >= 11 is 0. The van der Waals surface area contributed by atoms with E-state index in [0.717, 1.165) is 32.4 Å². The van der Waals surface area contributed by atoms with Crippen molar-refractivity contribution >= 4 is 5.97 Å². The lowest BCUT2D eigenvalue weighted by Crippen LogP contribution is -2.58. The van der Waals surface area contributed by atoms with Crippen LogP contribution in [0.2, 0.25) is 0 Å². The summed E-state index contributed by atoms with van der Waals surface area (Å²) in [6.45, 7) is 2.84. The summed E-state index contributed by atoms with van der Waals surface area (Å²) in [6.07, 6.45) is 2.22. The van der Waals surface area contributed by atoms with Gasteiger partial charge in [-0.15, -0.1) is 0 Å². The Morgan fingerprint density at radius 1 is 1.56 bits per heavy atom. The number of carbonyl (C=O) groups excluding carboxylic acids is 1. The van der Waals surface area contributed by atoms with Crippen LogP contribution >= 0.6 is 0 Å². The van der Waals surface area contributed by atoms with E-state index in [2.05, 4.69) is 20.2 Å². The number of likely N-dealkylation sites (tertiary alicyclic amines) is 1. The minimum Gasteiger partial charge on any atom is -0.468 e. The molecule has 0 aromatic carbocycles. The standard InChI is InChI=1S/C11H21N5O2/c1-16-8-4-11(5-9-16,10(17)18-2)13-6-3-7-14-15-12/h13H,3-9H2,1-2H3. The molecule has 1 heterocycles. The molecule has 0 amide bonds. The van der Waals surface area contributed by atoms with Gasteiger partial charge >= 0.3 is 5.97 Å². The molecule has 102 valence electrons. The number of nitrogens with one attached hydrogen (secondary N) is 1.